The van der Waals surface area contributed by atoms with Gasteiger partial charge in [-0.05, 0) is 12.1 Å². The van der Waals surface area contributed by atoms with Gasteiger partial charge in [-0.25, -0.2) is 4.98 Å². The Morgan fingerprint density at radius 2 is 2.29 bits per heavy atom. The third-order valence-electron chi connectivity index (χ3n) is 2.05. The molecule has 0 unspecified atom stereocenters. The number of rotatable bonds is 2. The monoisotopic (exact) mass is 205 g/mol. The Labute approximate surface area is 87.5 Å². The molecule has 0 aliphatic heterocycles. The van der Waals surface area contributed by atoms with Crippen molar-refractivity contribution in [1.29, 1.82) is 0 Å². The number of fused-ring (bicyclic) bond motifs is 1. The highest BCUT2D eigenvalue weighted by Gasteiger charge is 2.03. The molecule has 0 aliphatic carbocycles. The minimum Gasteiger partial charge on any atom is -0.382 e. The summed E-state index contributed by atoms with van der Waals surface area (Å²) in [7, 11) is 1.82. The first-order valence-corrected chi connectivity index (χ1v) is 4.84. The summed E-state index contributed by atoms with van der Waals surface area (Å²) in [5, 5.41) is 2.93. The van der Waals surface area contributed by atoms with Crippen LogP contribution in [0, 0.1) is 0 Å². The molecule has 0 saturated heterocycles. The number of hydrogen-bond acceptors (Lipinski definition) is 2. The number of hydrogen-bond donors (Lipinski definition) is 2. The predicted octanol–water partition coefficient (Wildman–Crippen LogP) is 1.65. The first-order valence-electron chi connectivity index (χ1n) is 4.44. The molecule has 0 fully saturated rings. The van der Waals surface area contributed by atoms with Crippen molar-refractivity contribution in [3.63, 3.8) is 0 Å². The van der Waals surface area contributed by atoms with Gasteiger partial charge in [-0.15, -0.1) is 0 Å². The van der Waals surface area contributed by atoms with Gasteiger partial charge in [0.05, 0.1) is 22.4 Å². The van der Waals surface area contributed by atoms with Crippen LogP contribution in [0.4, 0.5) is 0 Å². The van der Waals surface area contributed by atoms with Crippen LogP contribution in [0.1, 0.15) is 5.82 Å². The molecular formula is C10H11N3S. The van der Waals surface area contributed by atoms with Gasteiger partial charge >= 0.3 is 0 Å². The number of aromatic amines is 1. The highest BCUT2D eigenvalue weighted by molar-refractivity contribution is 7.80. The number of para-hydroxylation sites is 2. The van der Waals surface area contributed by atoms with Crippen LogP contribution in [0.25, 0.3) is 11.0 Å². The van der Waals surface area contributed by atoms with Crippen molar-refractivity contribution < 1.29 is 0 Å². The predicted molar refractivity (Wildman–Crippen MR) is 61.5 cm³/mol. The number of aromatic nitrogens is 2. The summed E-state index contributed by atoms with van der Waals surface area (Å²) in [6, 6.07) is 7.95. The van der Waals surface area contributed by atoms with Crippen molar-refractivity contribution in [1.82, 2.24) is 15.3 Å². The van der Waals surface area contributed by atoms with Gasteiger partial charge in [-0.2, -0.15) is 0 Å². The van der Waals surface area contributed by atoms with Gasteiger partial charge in [0.2, 0.25) is 0 Å². The molecule has 2 aromatic rings. The van der Waals surface area contributed by atoms with E-state index in [4.69, 9.17) is 12.2 Å². The van der Waals surface area contributed by atoms with E-state index in [1.54, 1.807) is 0 Å². The highest BCUT2D eigenvalue weighted by Crippen LogP contribution is 2.10. The van der Waals surface area contributed by atoms with Crippen molar-refractivity contribution in [2.45, 2.75) is 6.42 Å². The fourth-order valence-electron chi connectivity index (χ4n) is 1.33. The van der Waals surface area contributed by atoms with E-state index in [2.05, 4.69) is 15.3 Å². The second kappa shape index (κ2) is 3.75. The van der Waals surface area contributed by atoms with Gasteiger partial charge < -0.3 is 10.3 Å². The van der Waals surface area contributed by atoms with Crippen molar-refractivity contribution in [2.24, 2.45) is 0 Å². The highest BCUT2D eigenvalue weighted by atomic mass is 32.1. The van der Waals surface area contributed by atoms with Gasteiger partial charge in [-0.1, -0.05) is 24.4 Å². The number of thiocarbonyl (C=S) groups is 1. The Morgan fingerprint density at radius 3 is 3.00 bits per heavy atom. The van der Waals surface area contributed by atoms with Gasteiger partial charge in [0.15, 0.2) is 0 Å². The van der Waals surface area contributed by atoms with Crippen LogP contribution in [-0.4, -0.2) is 22.0 Å². The third kappa shape index (κ3) is 1.75. The Morgan fingerprint density at radius 1 is 1.50 bits per heavy atom. The molecule has 14 heavy (non-hydrogen) atoms. The molecule has 0 atom stereocenters. The first kappa shape index (κ1) is 9.15. The van der Waals surface area contributed by atoms with Crippen molar-refractivity contribution in [2.75, 3.05) is 7.05 Å². The maximum Gasteiger partial charge on any atom is 0.114 e. The molecule has 1 heterocycles. The van der Waals surface area contributed by atoms with E-state index in [1.807, 2.05) is 31.3 Å². The molecule has 0 radical (unpaired) electrons. The Balaban J connectivity index is 2.31. The van der Waals surface area contributed by atoms with Crippen LogP contribution in [0.5, 0.6) is 0 Å². The van der Waals surface area contributed by atoms with Crippen LogP contribution >= 0.6 is 12.2 Å². The van der Waals surface area contributed by atoms with Crippen LogP contribution in [0.15, 0.2) is 24.3 Å². The smallest absolute Gasteiger partial charge is 0.114 e. The first-order chi connectivity index (χ1) is 6.79. The second-order valence-corrected chi connectivity index (χ2v) is 3.54. The zero-order chi connectivity index (χ0) is 9.97. The number of nitrogens with zero attached hydrogens (tertiary/aromatic N) is 1. The largest absolute Gasteiger partial charge is 0.382 e. The van der Waals surface area contributed by atoms with Gasteiger partial charge in [-0.3, -0.25) is 0 Å². The standard InChI is InChI=1S/C10H11N3S/c1-11-10(14)6-9-12-7-4-2-3-5-8(7)13-9/h2-5H,6H2,1H3,(H,11,14)(H,12,13). The molecular weight excluding hydrogens is 194 g/mol. The fourth-order valence-corrected chi connectivity index (χ4v) is 1.47. The van der Waals surface area contributed by atoms with E-state index in [0.717, 1.165) is 21.8 Å². The molecule has 3 nitrogen and oxygen atoms in total. The molecule has 0 saturated carbocycles. The molecule has 0 bridgehead atoms. The van der Waals surface area contributed by atoms with Crippen LogP contribution < -0.4 is 5.32 Å². The molecule has 1 aromatic carbocycles. The maximum absolute atomic E-state index is 5.07. The molecule has 2 rings (SSSR count). The topological polar surface area (TPSA) is 40.7 Å². The van der Waals surface area contributed by atoms with Crippen molar-refractivity contribution >= 4 is 28.2 Å². The summed E-state index contributed by atoms with van der Waals surface area (Å²) in [5.41, 5.74) is 2.04. The second-order valence-electron chi connectivity index (χ2n) is 3.05. The molecule has 1 aromatic heterocycles. The molecule has 0 amide bonds. The number of benzene rings is 1. The van der Waals surface area contributed by atoms with Crippen molar-refractivity contribution in [3.8, 4) is 0 Å². The fraction of sp³-hybridized carbons (Fsp3) is 0.200. The van der Waals surface area contributed by atoms with E-state index in [0.29, 0.717) is 6.42 Å². The average Bonchev–Trinajstić information content (AvgIpc) is 2.59. The molecule has 0 spiro atoms. The minimum atomic E-state index is 0.667. The van der Waals surface area contributed by atoms with Crippen LogP contribution in [0.2, 0.25) is 0 Å². The number of nitrogens with one attached hydrogen (secondary N) is 2. The third-order valence-corrected chi connectivity index (χ3v) is 2.39. The van der Waals surface area contributed by atoms with Gasteiger partial charge in [0.1, 0.15) is 5.82 Å². The van der Waals surface area contributed by atoms with Crippen molar-refractivity contribution in [3.05, 3.63) is 30.1 Å². The Kier molecular flexibility index (Phi) is 2.45. The summed E-state index contributed by atoms with van der Waals surface area (Å²) in [6.07, 6.45) is 0.667. The molecule has 0 aliphatic rings. The van der Waals surface area contributed by atoms with Gasteiger partial charge in [0, 0.05) is 7.05 Å². The Bertz CT molecular complexity index is 428. The summed E-state index contributed by atoms with van der Waals surface area (Å²) in [4.78, 5) is 8.44. The summed E-state index contributed by atoms with van der Waals surface area (Å²) >= 11 is 5.07. The maximum atomic E-state index is 5.07. The van der Waals surface area contributed by atoms with E-state index in [1.165, 1.54) is 0 Å². The van der Waals surface area contributed by atoms with Crippen LogP contribution in [0.3, 0.4) is 0 Å². The lowest BCUT2D eigenvalue weighted by molar-refractivity contribution is 1.06. The SMILES string of the molecule is CNC(=S)Cc1nc2ccccc2[nH]1. The molecule has 4 heteroatoms. The molecule has 2 N–H and O–H groups in total. The lowest BCUT2D eigenvalue weighted by Gasteiger charge is -1.97. The van der Waals surface area contributed by atoms with E-state index in [9.17, 15) is 0 Å². The summed E-state index contributed by atoms with van der Waals surface area (Å²) < 4.78 is 0. The minimum absolute atomic E-state index is 0.667. The van der Waals surface area contributed by atoms with Gasteiger partial charge in [0.25, 0.3) is 0 Å². The zero-order valence-corrected chi connectivity index (χ0v) is 8.69. The quantitative estimate of drug-likeness (QED) is 0.732. The normalized spacial score (nSPS) is 10.4. The molecule has 72 valence electrons. The number of likely N-dealkylation sites (N-methyl/N-ethyl adjacent to an activating group) is 1. The summed E-state index contributed by atoms with van der Waals surface area (Å²) in [6.45, 7) is 0. The van der Waals surface area contributed by atoms with E-state index >= 15 is 0 Å². The van der Waals surface area contributed by atoms with Crippen LogP contribution in [-0.2, 0) is 6.42 Å². The Hall–Kier alpha value is -1.42. The summed E-state index contributed by atoms with van der Waals surface area (Å²) in [5.74, 6) is 0.908. The zero-order valence-electron chi connectivity index (χ0n) is 7.87. The lowest BCUT2D eigenvalue weighted by atomic mass is 10.3. The number of H-pyrrole nitrogens is 1. The number of imidazole rings is 1. The lowest BCUT2D eigenvalue weighted by Crippen LogP contribution is -2.18. The van der Waals surface area contributed by atoms with E-state index in [-0.39, 0.29) is 0 Å². The average molecular weight is 205 g/mol. The van der Waals surface area contributed by atoms with E-state index < -0.39 is 0 Å².